The number of nitrogens with zero attached hydrogens (tertiary/aromatic N) is 2. The van der Waals surface area contributed by atoms with Crippen LogP contribution in [0.1, 0.15) is 12.5 Å². The lowest BCUT2D eigenvalue weighted by Gasteiger charge is -2.24. The first-order valence-corrected chi connectivity index (χ1v) is 9.56. The molecule has 0 N–H and O–H groups in total. The Kier molecular flexibility index (Phi) is 5.75. The largest absolute Gasteiger partial charge is 0.465 e. The van der Waals surface area contributed by atoms with Crippen molar-refractivity contribution < 1.29 is 22.9 Å². The third-order valence-electron chi connectivity index (χ3n) is 3.29. The molecule has 1 aromatic heterocycles. The molecular formula is C15H16N2O6S2. The van der Waals surface area contributed by atoms with E-state index in [1.54, 1.807) is 25.3 Å². The van der Waals surface area contributed by atoms with Gasteiger partial charge < -0.3 is 4.74 Å². The molecule has 10 heteroatoms. The number of non-ortho nitro benzene ring substituents is 1. The highest BCUT2D eigenvalue weighted by Crippen LogP contribution is 2.31. The van der Waals surface area contributed by atoms with E-state index in [2.05, 4.69) is 0 Å². The van der Waals surface area contributed by atoms with Crippen molar-refractivity contribution in [2.45, 2.75) is 18.1 Å². The number of sulfonamides is 1. The van der Waals surface area contributed by atoms with E-state index in [1.807, 2.05) is 0 Å². The first kappa shape index (κ1) is 18.9. The Balaban J connectivity index is 2.58. The van der Waals surface area contributed by atoms with Crippen LogP contribution in [0, 0.1) is 17.0 Å². The van der Waals surface area contributed by atoms with Crippen LogP contribution in [0.4, 0.5) is 11.4 Å². The SMILES string of the molecule is CCOC(=O)CN(c1cc([N+](=O)[O-])ccc1C)S(=O)(=O)c1cccs1. The predicted molar refractivity (Wildman–Crippen MR) is 93.3 cm³/mol. The normalized spacial score (nSPS) is 11.1. The van der Waals surface area contributed by atoms with Crippen molar-refractivity contribution in [1.29, 1.82) is 0 Å². The monoisotopic (exact) mass is 384 g/mol. The Bertz CT molecular complexity index is 877. The quantitative estimate of drug-likeness (QED) is 0.413. The molecule has 0 spiro atoms. The van der Waals surface area contributed by atoms with Gasteiger partial charge in [-0.05, 0) is 30.9 Å². The molecule has 0 atom stereocenters. The average molecular weight is 384 g/mol. The molecule has 0 aliphatic heterocycles. The molecule has 0 aliphatic rings. The molecule has 0 fully saturated rings. The summed E-state index contributed by atoms with van der Waals surface area (Å²) < 4.78 is 31.6. The minimum Gasteiger partial charge on any atom is -0.465 e. The number of rotatable bonds is 7. The van der Waals surface area contributed by atoms with Crippen molar-refractivity contribution in [2.24, 2.45) is 0 Å². The van der Waals surface area contributed by atoms with Crippen LogP contribution in [-0.4, -0.2) is 32.5 Å². The molecule has 0 saturated heterocycles. The first-order chi connectivity index (χ1) is 11.8. The summed E-state index contributed by atoms with van der Waals surface area (Å²) in [6, 6.07) is 6.83. The van der Waals surface area contributed by atoms with Gasteiger partial charge in [0.2, 0.25) is 0 Å². The number of hydrogen-bond acceptors (Lipinski definition) is 7. The molecule has 1 aromatic carbocycles. The summed E-state index contributed by atoms with van der Waals surface area (Å²) in [6.45, 7) is 2.74. The highest BCUT2D eigenvalue weighted by Gasteiger charge is 2.30. The van der Waals surface area contributed by atoms with Crippen LogP contribution < -0.4 is 4.31 Å². The number of carbonyl (C=O) groups excluding carboxylic acids is 1. The van der Waals surface area contributed by atoms with Gasteiger partial charge in [0.25, 0.3) is 15.7 Å². The molecule has 2 aromatic rings. The van der Waals surface area contributed by atoms with E-state index in [0.29, 0.717) is 5.56 Å². The van der Waals surface area contributed by atoms with Gasteiger partial charge in [0, 0.05) is 12.1 Å². The number of ether oxygens (including phenoxy) is 1. The fraction of sp³-hybridized carbons (Fsp3) is 0.267. The van der Waals surface area contributed by atoms with Gasteiger partial charge >= 0.3 is 5.97 Å². The molecule has 0 amide bonds. The van der Waals surface area contributed by atoms with Gasteiger partial charge in [0.05, 0.1) is 17.2 Å². The number of anilines is 1. The molecule has 0 saturated carbocycles. The lowest BCUT2D eigenvalue weighted by atomic mass is 10.2. The molecule has 1 heterocycles. The molecule has 0 bridgehead atoms. The number of thiophene rings is 1. The third kappa shape index (κ3) is 4.15. The van der Waals surface area contributed by atoms with E-state index < -0.39 is 27.5 Å². The molecule has 0 unspecified atom stereocenters. The number of hydrogen-bond donors (Lipinski definition) is 0. The van der Waals surface area contributed by atoms with E-state index >= 15 is 0 Å². The molecule has 25 heavy (non-hydrogen) atoms. The lowest BCUT2D eigenvalue weighted by Crippen LogP contribution is -2.36. The van der Waals surface area contributed by atoms with E-state index in [4.69, 9.17) is 4.74 Å². The van der Waals surface area contributed by atoms with Gasteiger partial charge in [-0.3, -0.25) is 19.2 Å². The molecule has 134 valence electrons. The minimum absolute atomic E-state index is 0.0303. The Labute approximate surface area is 148 Å². The Morgan fingerprint density at radius 1 is 1.36 bits per heavy atom. The molecular weight excluding hydrogens is 368 g/mol. The molecule has 8 nitrogen and oxygen atoms in total. The van der Waals surface area contributed by atoms with Crippen molar-refractivity contribution in [1.82, 2.24) is 0 Å². The fourth-order valence-corrected chi connectivity index (χ4v) is 4.69. The maximum absolute atomic E-state index is 12.9. The van der Waals surface area contributed by atoms with Gasteiger partial charge in [-0.1, -0.05) is 12.1 Å². The summed E-state index contributed by atoms with van der Waals surface area (Å²) in [5.41, 5.74) is 0.279. The zero-order chi connectivity index (χ0) is 18.6. The highest BCUT2D eigenvalue weighted by molar-refractivity contribution is 7.94. The number of esters is 1. The molecule has 0 aliphatic carbocycles. The van der Waals surface area contributed by atoms with Crippen LogP contribution in [0.5, 0.6) is 0 Å². The maximum atomic E-state index is 12.9. The van der Waals surface area contributed by atoms with Crippen LogP contribution in [-0.2, 0) is 19.6 Å². The molecule has 2 rings (SSSR count). The minimum atomic E-state index is -4.06. The second-order valence-electron chi connectivity index (χ2n) is 4.98. The van der Waals surface area contributed by atoms with Crippen LogP contribution in [0.15, 0.2) is 39.9 Å². The topological polar surface area (TPSA) is 107 Å². The Morgan fingerprint density at radius 2 is 2.08 bits per heavy atom. The maximum Gasteiger partial charge on any atom is 0.326 e. The lowest BCUT2D eigenvalue weighted by molar-refractivity contribution is -0.384. The van der Waals surface area contributed by atoms with E-state index in [1.165, 1.54) is 18.2 Å². The van der Waals surface area contributed by atoms with Gasteiger partial charge in [0.15, 0.2) is 0 Å². The van der Waals surface area contributed by atoms with Crippen LogP contribution in [0.2, 0.25) is 0 Å². The summed E-state index contributed by atoms with van der Waals surface area (Å²) in [4.78, 5) is 22.3. The number of carbonyl (C=O) groups is 1. The summed E-state index contributed by atoms with van der Waals surface area (Å²) in [7, 11) is -4.06. The van der Waals surface area contributed by atoms with Crippen molar-refractivity contribution in [3.63, 3.8) is 0 Å². The zero-order valence-electron chi connectivity index (χ0n) is 13.5. The van der Waals surface area contributed by atoms with Gasteiger partial charge in [0.1, 0.15) is 10.8 Å². The van der Waals surface area contributed by atoms with Gasteiger partial charge in [-0.15, -0.1) is 11.3 Å². The van der Waals surface area contributed by atoms with Crippen molar-refractivity contribution in [3.05, 3.63) is 51.4 Å². The van der Waals surface area contributed by atoms with Crippen molar-refractivity contribution >= 4 is 38.7 Å². The smallest absolute Gasteiger partial charge is 0.326 e. The fourth-order valence-electron chi connectivity index (χ4n) is 2.12. The predicted octanol–water partition coefficient (Wildman–Crippen LogP) is 2.72. The highest BCUT2D eigenvalue weighted by atomic mass is 32.2. The zero-order valence-corrected chi connectivity index (χ0v) is 15.2. The van der Waals surface area contributed by atoms with Crippen LogP contribution in [0.25, 0.3) is 0 Å². The van der Waals surface area contributed by atoms with Gasteiger partial charge in [-0.25, -0.2) is 8.42 Å². The van der Waals surface area contributed by atoms with E-state index in [-0.39, 0.29) is 22.2 Å². The second-order valence-corrected chi connectivity index (χ2v) is 8.01. The number of nitro groups is 1. The molecule has 0 radical (unpaired) electrons. The van der Waals surface area contributed by atoms with E-state index in [0.717, 1.165) is 21.7 Å². The second kappa shape index (κ2) is 7.62. The summed E-state index contributed by atoms with van der Waals surface area (Å²) >= 11 is 0.994. The Morgan fingerprint density at radius 3 is 2.64 bits per heavy atom. The number of benzene rings is 1. The van der Waals surface area contributed by atoms with Gasteiger partial charge in [-0.2, -0.15) is 0 Å². The van der Waals surface area contributed by atoms with Crippen molar-refractivity contribution in [2.75, 3.05) is 17.5 Å². The summed E-state index contributed by atoms with van der Waals surface area (Å²) in [5.74, 6) is -0.742. The summed E-state index contributed by atoms with van der Waals surface area (Å²) in [5, 5.41) is 12.6. The van der Waals surface area contributed by atoms with E-state index in [9.17, 15) is 23.3 Å². The van der Waals surface area contributed by atoms with Crippen LogP contribution >= 0.6 is 11.3 Å². The third-order valence-corrected chi connectivity index (χ3v) is 6.42. The number of nitro benzene ring substituents is 1. The average Bonchev–Trinajstić information content (AvgIpc) is 3.08. The Hall–Kier alpha value is -2.46. The number of aryl methyl sites for hydroxylation is 1. The van der Waals surface area contributed by atoms with Crippen LogP contribution in [0.3, 0.4) is 0 Å². The first-order valence-electron chi connectivity index (χ1n) is 7.24. The van der Waals surface area contributed by atoms with Crippen molar-refractivity contribution in [3.8, 4) is 0 Å². The standard InChI is InChI=1S/C15H16N2O6S2/c1-3-23-14(18)10-16(25(21,22)15-5-4-8-24-15)13-9-12(17(19)20)7-6-11(13)2/h4-9H,3,10H2,1-2H3. The summed E-state index contributed by atoms with van der Waals surface area (Å²) in [6.07, 6.45) is 0.